The summed E-state index contributed by atoms with van der Waals surface area (Å²) in [5, 5.41) is 24.1. The minimum absolute atomic E-state index is 0.0544. The molecule has 1 aliphatic heterocycles. The van der Waals surface area contributed by atoms with E-state index in [0.29, 0.717) is 42.2 Å². The summed E-state index contributed by atoms with van der Waals surface area (Å²) in [6.07, 6.45) is 8.32. The number of aliphatic hydroxyl groups is 2. The van der Waals surface area contributed by atoms with Gasteiger partial charge in [0.15, 0.2) is 0 Å². The Hall–Kier alpha value is -3.93. The summed E-state index contributed by atoms with van der Waals surface area (Å²) in [6, 6.07) is 11.5. The van der Waals surface area contributed by atoms with Crippen LogP contribution in [0.3, 0.4) is 0 Å². The first-order valence-electron chi connectivity index (χ1n) is 17.7. The zero-order valence-electron chi connectivity index (χ0n) is 29.4. The first kappa shape index (κ1) is 37.3. The molecule has 0 spiro atoms. The lowest BCUT2D eigenvalue weighted by molar-refractivity contribution is -0.253. The van der Waals surface area contributed by atoms with Gasteiger partial charge in [-0.15, -0.1) is 6.58 Å². The third kappa shape index (κ3) is 7.70. The number of carbonyl (C=O) groups is 1. The van der Waals surface area contributed by atoms with Crippen molar-refractivity contribution in [3.63, 3.8) is 0 Å². The predicted molar refractivity (Wildman–Crippen MR) is 187 cm³/mol. The van der Waals surface area contributed by atoms with Crippen molar-refractivity contribution in [3.05, 3.63) is 83.7 Å². The Balaban J connectivity index is 1.72. The number of unbranched alkanes of at least 4 members (excludes halogenated alkanes) is 2. The molecular formula is C39H51FN2O8. The quantitative estimate of drug-likeness (QED) is 0.106. The Morgan fingerprint density at radius 1 is 1.14 bits per heavy atom. The van der Waals surface area contributed by atoms with Crippen molar-refractivity contribution in [2.45, 2.75) is 76.2 Å². The van der Waals surface area contributed by atoms with Gasteiger partial charge in [0.2, 0.25) is 5.79 Å². The second-order valence-electron chi connectivity index (χ2n) is 13.2. The van der Waals surface area contributed by atoms with E-state index in [4.69, 9.17) is 23.8 Å². The molecule has 1 amide bonds. The van der Waals surface area contributed by atoms with E-state index < -0.39 is 23.8 Å². The molecule has 5 rings (SSSR count). The minimum Gasteiger partial charge on any atom is -0.489 e. The number of hydrogen-bond acceptors (Lipinski definition) is 9. The summed E-state index contributed by atoms with van der Waals surface area (Å²) >= 11 is 0. The van der Waals surface area contributed by atoms with Crippen molar-refractivity contribution in [2.24, 2.45) is 22.9 Å². The lowest BCUT2D eigenvalue weighted by Gasteiger charge is -2.59. The molecule has 6 unspecified atom stereocenters. The van der Waals surface area contributed by atoms with Crippen molar-refractivity contribution in [2.75, 3.05) is 40.6 Å². The number of methoxy groups -OCH3 is 1. The average Bonchev–Trinajstić information content (AvgIpc) is 3.13. The van der Waals surface area contributed by atoms with Gasteiger partial charge in [-0.05, 0) is 74.3 Å². The Labute approximate surface area is 294 Å². The Kier molecular flexibility index (Phi) is 12.9. The minimum atomic E-state index is -1.35. The fourth-order valence-electron chi connectivity index (χ4n) is 8.01. The summed E-state index contributed by atoms with van der Waals surface area (Å²) in [7, 11) is 3.02. The molecule has 2 N–H and O–H groups in total. The molecule has 3 aliphatic rings. The van der Waals surface area contributed by atoms with E-state index in [2.05, 4.69) is 17.8 Å². The van der Waals surface area contributed by atoms with Gasteiger partial charge in [0.1, 0.15) is 36.6 Å². The predicted octanol–water partition coefficient (Wildman–Crippen LogP) is 6.76. The Morgan fingerprint density at radius 2 is 1.90 bits per heavy atom. The molecule has 0 radical (unpaired) electrons. The smallest absolute Gasteiger partial charge is 0.409 e. The molecular weight excluding hydrogens is 643 g/mol. The zero-order valence-corrected chi connectivity index (χ0v) is 29.4. The molecule has 0 saturated heterocycles. The number of rotatable bonds is 17. The molecule has 0 bridgehead atoms. The molecule has 2 aromatic carbocycles. The van der Waals surface area contributed by atoms with Crippen molar-refractivity contribution in [1.82, 2.24) is 4.90 Å². The number of halogens is 1. The second-order valence-corrected chi connectivity index (χ2v) is 13.2. The van der Waals surface area contributed by atoms with E-state index in [9.17, 15) is 19.4 Å². The summed E-state index contributed by atoms with van der Waals surface area (Å²) in [4.78, 5) is 20.4. The molecule has 10 nitrogen and oxygen atoms in total. The molecule has 1 heterocycles. The number of aliphatic hydroxyl groups excluding tert-OH is 2. The first-order valence-corrected chi connectivity index (χ1v) is 17.7. The average molecular weight is 695 g/mol. The van der Waals surface area contributed by atoms with E-state index in [-0.39, 0.29) is 56.4 Å². The molecule has 11 heteroatoms. The highest BCUT2D eigenvalue weighted by molar-refractivity contribution is 6.02. The van der Waals surface area contributed by atoms with E-state index in [0.717, 1.165) is 36.8 Å². The van der Waals surface area contributed by atoms with Gasteiger partial charge >= 0.3 is 6.09 Å². The van der Waals surface area contributed by atoms with Crippen LogP contribution in [0.4, 0.5) is 9.18 Å². The third-order valence-electron chi connectivity index (χ3n) is 10.2. The summed E-state index contributed by atoms with van der Waals surface area (Å²) < 4.78 is 39.7. The molecule has 2 aliphatic carbocycles. The molecule has 0 aromatic heterocycles. The van der Waals surface area contributed by atoms with Gasteiger partial charge in [0, 0.05) is 43.7 Å². The summed E-state index contributed by atoms with van der Waals surface area (Å²) in [6.45, 7) is 6.58. The van der Waals surface area contributed by atoms with Crippen LogP contribution in [0.25, 0.3) is 0 Å². The first-order chi connectivity index (χ1) is 24.3. The summed E-state index contributed by atoms with van der Waals surface area (Å²) in [5.74, 6) is -0.978. The van der Waals surface area contributed by atoms with Crippen molar-refractivity contribution in [1.29, 1.82) is 0 Å². The highest BCUT2D eigenvalue weighted by Gasteiger charge is 2.65. The number of carbonyl (C=O) groups excluding carboxylic acids is 1. The van der Waals surface area contributed by atoms with Crippen LogP contribution >= 0.6 is 0 Å². The van der Waals surface area contributed by atoms with Gasteiger partial charge in [-0.2, -0.15) is 0 Å². The normalized spacial score (nSPS) is 25.8. The van der Waals surface area contributed by atoms with Crippen molar-refractivity contribution < 1.29 is 43.2 Å². The van der Waals surface area contributed by atoms with E-state index in [1.807, 2.05) is 25.1 Å². The number of ether oxygens (including phenoxy) is 4. The number of allylic oxidation sites excluding steroid dienone is 1. The lowest BCUT2D eigenvalue weighted by atomic mass is 9.55. The maximum absolute atomic E-state index is 14.5. The van der Waals surface area contributed by atoms with Crippen LogP contribution in [-0.2, 0) is 20.9 Å². The van der Waals surface area contributed by atoms with Crippen molar-refractivity contribution in [3.8, 4) is 11.5 Å². The standard InChI is InChI=1S/C39H51FN2O8/c1-5-21-48-39-35(42(3)38(45)46-4)24-33(41-49-6-2)30-22-26(13-9-11-19-43)29(15-10-12-20-44)36(37(30)39)31-23-28(17-18-34(31)50-39)47-25-27-14-7-8-16-32(27)40/h5,7-8,14,16-18,22-23,26,29,35-37,43-44H,1,6,9-13,15,19-21,24-25H2,2-4H3. The monoisotopic (exact) mass is 694 g/mol. The molecule has 272 valence electrons. The highest BCUT2D eigenvalue weighted by Crippen LogP contribution is 2.61. The number of amides is 1. The SMILES string of the molecule is C=CCOC12Oc3ccc(OCc4ccccc4F)cc3C3C(CCCCO)C(CCCCO)C=C(C(=NOCC)CC1N(C)C(=O)OC)C32. The van der Waals surface area contributed by atoms with Gasteiger partial charge in [0.25, 0.3) is 0 Å². The Morgan fingerprint density at radius 3 is 2.60 bits per heavy atom. The number of hydrogen-bond donors (Lipinski definition) is 2. The van der Waals surface area contributed by atoms with Gasteiger partial charge in [-0.25, -0.2) is 9.18 Å². The van der Waals surface area contributed by atoms with E-state index in [1.165, 1.54) is 18.1 Å². The van der Waals surface area contributed by atoms with Crippen LogP contribution in [-0.4, -0.2) is 79.3 Å². The van der Waals surface area contributed by atoms with Crippen LogP contribution in [0, 0.1) is 23.6 Å². The molecule has 1 fully saturated rings. The van der Waals surface area contributed by atoms with Crippen molar-refractivity contribution >= 4 is 11.8 Å². The highest BCUT2D eigenvalue weighted by atomic mass is 19.1. The largest absolute Gasteiger partial charge is 0.489 e. The number of likely N-dealkylation sites (N-methyl/N-ethyl adjacent to an activating group) is 1. The van der Waals surface area contributed by atoms with Gasteiger partial charge in [-0.1, -0.05) is 48.3 Å². The van der Waals surface area contributed by atoms with Crippen LogP contribution in [0.5, 0.6) is 11.5 Å². The number of fused-ring (bicyclic) bond motifs is 2. The van der Waals surface area contributed by atoms with E-state index in [1.54, 1.807) is 31.3 Å². The lowest BCUT2D eigenvalue weighted by Crippen LogP contribution is -2.69. The maximum Gasteiger partial charge on any atom is 0.409 e. The van der Waals surface area contributed by atoms with Gasteiger partial charge < -0.3 is 38.9 Å². The fourth-order valence-corrected chi connectivity index (χ4v) is 8.01. The van der Waals surface area contributed by atoms with Crippen LogP contribution in [0.15, 0.2) is 71.9 Å². The third-order valence-corrected chi connectivity index (χ3v) is 10.2. The van der Waals surface area contributed by atoms with Gasteiger partial charge in [0.05, 0.1) is 25.3 Å². The maximum atomic E-state index is 14.5. The summed E-state index contributed by atoms with van der Waals surface area (Å²) in [5.41, 5.74) is 3.02. The molecule has 1 saturated carbocycles. The zero-order chi connectivity index (χ0) is 35.7. The number of oxime groups is 1. The number of nitrogens with zero attached hydrogens (tertiary/aromatic N) is 2. The van der Waals surface area contributed by atoms with Crippen LogP contribution in [0.1, 0.15) is 68.9 Å². The molecule has 6 atom stereocenters. The fraction of sp³-hybridized carbons (Fsp3) is 0.538. The number of benzene rings is 2. The molecule has 2 aromatic rings. The Bertz CT molecular complexity index is 1530. The topological polar surface area (TPSA) is 119 Å². The van der Waals surface area contributed by atoms with E-state index >= 15 is 0 Å². The molecule has 50 heavy (non-hydrogen) atoms. The van der Waals surface area contributed by atoms with Crippen LogP contribution < -0.4 is 9.47 Å². The van der Waals surface area contributed by atoms with Gasteiger partial charge in [-0.3, -0.25) is 0 Å². The van der Waals surface area contributed by atoms with Crippen LogP contribution in [0.2, 0.25) is 0 Å². The second kappa shape index (κ2) is 17.3.